The number of rotatable bonds is 9. The smallest absolute Gasteiger partial charge is 0.0739 e. The minimum atomic E-state index is 0.876. The van der Waals surface area contributed by atoms with Crippen LogP contribution < -0.4 is 0 Å². The summed E-state index contributed by atoms with van der Waals surface area (Å²) in [6, 6.07) is 0. The molecule has 0 fully saturated rings. The lowest BCUT2D eigenvalue weighted by Gasteiger charge is -2.17. The Morgan fingerprint density at radius 3 is 1.00 bits per heavy atom. The van der Waals surface area contributed by atoms with E-state index in [1.54, 1.807) is 0 Å². The van der Waals surface area contributed by atoms with E-state index in [1.165, 1.54) is 38.2 Å². The molecule has 0 unspecified atom stereocenters. The number of hydrogen-bond donors (Lipinski definition) is 0. The van der Waals surface area contributed by atoms with E-state index in [1.807, 2.05) is 0 Å². The molecule has 0 nitrogen and oxygen atoms in total. The average molecular weight is 224 g/mol. The molecule has 0 N–H and O–H groups in total. The SMILES string of the molecule is CC(C)CCB(CCC(C)C)CCC(C)C. The van der Waals surface area contributed by atoms with Gasteiger partial charge >= 0.3 is 0 Å². The van der Waals surface area contributed by atoms with Gasteiger partial charge in [0.1, 0.15) is 6.71 Å². The zero-order chi connectivity index (χ0) is 12.6. The van der Waals surface area contributed by atoms with Gasteiger partial charge in [0, 0.05) is 0 Å². The molecule has 0 spiro atoms. The van der Waals surface area contributed by atoms with Crippen LogP contribution in [0.15, 0.2) is 0 Å². The van der Waals surface area contributed by atoms with Gasteiger partial charge in [-0.2, -0.15) is 0 Å². The first-order valence-corrected chi connectivity index (χ1v) is 7.41. The Kier molecular flexibility index (Phi) is 9.17. The van der Waals surface area contributed by atoms with Crippen LogP contribution in [-0.2, 0) is 0 Å². The van der Waals surface area contributed by atoms with Crippen LogP contribution in [0, 0.1) is 17.8 Å². The van der Waals surface area contributed by atoms with Crippen LogP contribution in [0.4, 0.5) is 0 Å². The molecule has 96 valence electrons. The lowest BCUT2D eigenvalue weighted by Crippen LogP contribution is -2.15. The summed E-state index contributed by atoms with van der Waals surface area (Å²) in [6.45, 7) is 15.1. The van der Waals surface area contributed by atoms with Crippen molar-refractivity contribution in [2.45, 2.75) is 79.8 Å². The molecule has 0 aliphatic rings. The summed E-state index contributed by atoms with van der Waals surface area (Å²) in [5, 5.41) is 0. The maximum absolute atomic E-state index is 2.35. The van der Waals surface area contributed by atoms with Crippen molar-refractivity contribution in [1.29, 1.82) is 0 Å². The van der Waals surface area contributed by atoms with E-state index in [0.717, 1.165) is 24.5 Å². The fourth-order valence-corrected chi connectivity index (χ4v) is 2.14. The molecule has 0 bridgehead atoms. The molecule has 0 saturated heterocycles. The molecular formula is C15H33B. The van der Waals surface area contributed by atoms with E-state index in [2.05, 4.69) is 41.5 Å². The van der Waals surface area contributed by atoms with E-state index < -0.39 is 0 Å². The first-order valence-electron chi connectivity index (χ1n) is 7.41. The highest BCUT2D eigenvalue weighted by molar-refractivity contribution is 6.58. The van der Waals surface area contributed by atoms with Crippen molar-refractivity contribution in [2.75, 3.05) is 0 Å². The highest BCUT2D eigenvalue weighted by atomic mass is 14.0. The van der Waals surface area contributed by atoms with Crippen LogP contribution in [0.5, 0.6) is 0 Å². The first-order chi connectivity index (χ1) is 7.41. The molecule has 0 radical (unpaired) electrons. The second-order valence-electron chi connectivity index (χ2n) is 6.78. The summed E-state index contributed by atoms with van der Waals surface area (Å²) >= 11 is 0. The fraction of sp³-hybridized carbons (Fsp3) is 1.00. The lowest BCUT2D eigenvalue weighted by molar-refractivity contribution is 0.592. The van der Waals surface area contributed by atoms with Crippen molar-refractivity contribution >= 4 is 6.71 Å². The summed E-state index contributed by atoms with van der Waals surface area (Å²) in [7, 11) is 0. The van der Waals surface area contributed by atoms with Gasteiger partial charge in [-0.05, 0) is 17.8 Å². The summed E-state index contributed by atoms with van der Waals surface area (Å²) in [5.74, 6) is 2.63. The van der Waals surface area contributed by atoms with E-state index in [0.29, 0.717) is 0 Å². The van der Waals surface area contributed by atoms with Crippen LogP contribution in [0.3, 0.4) is 0 Å². The van der Waals surface area contributed by atoms with Gasteiger partial charge in [0.2, 0.25) is 0 Å². The van der Waals surface area contributed by atoms with Gasteiger partial charge in [-0.15, -0.1) is 0 Å². The third-order valence-corrected chi connectivity index (χ3v) is 3.46. The Morgan fingerprint density at radius 1 is 0.562 bits per heavy atom. The number of hydrogen-bond acceptors (Lipinski definition) is 0. The summed E-state index contributed by atoms with van der Waals surface area (Å²) in [6.07, 6.45) is 8.62. The van der Waals surface area contributed by atoms with E-state index in [4.69, 9.17) is 0 Å². The Morgan fingerprint density at radius 2 is 0.812 bits per heavy atom. The topological polar surface area (TPSA) is 0 Å². The summed E-state index contributed by atoms with van der Waals surface area (Å²) < 4.78 is 0. The molecule has 0 saturated carbocycles. The van der Waals surface area contributed by atoms with E-state index in [9.17, 15) is 0 Å². The van der Waals surface area contributed by atoms with Crippen LogP contribution in [-0.4, -0.2) is 6.71 Å². The molecule has 0 amide bonds. The molecular weight excluding hydrogens is 191 g/mol. The Hall–Kier alpha value is 0.0649. The van der Waals surface area contributed by atoms with Crippen LogP contribution in [0.25, 0.3) is 0 Å². The largest absolute Gasteiger partial charge is 0.139 e. The highest BCUT2D eigenvalue weighted by Gasteiger charge is 2.15. The molecule has 16 heavy (non-hydrogen) atoms. The maximum Gasteiger partial charge on any atom is 0.139 e. The van der Waals surface area contributed by atoms with Gasteiger partial charge in [-0.1, -0.05) is 79.8 Å². The third-order valence-electron chi connectivity index (χ3n) is 3.46. The molecule has 0 aliphatic carbocycles. The third kappa shape index (κ3) is 10.6. The first kappa shape index (κ1) is 16.1. The zero-order valence-electron chi connectivity index (χ0n) is 12.6. The second kappa shape index (κ2) is 9.13. The fourth-order valence-electron chi connectivity index (χ4n) is 2.14. The van der Waals surface area contributed by atoms with Crippen LogP contribution in [0.2, 0.25) is 19.0 Å². The van der Waals surface area contributed by atoms with Gasteiger partial charge in [0.25, 0.3) is 0 Å². The second-order valence-corrected chi connectivity index (χ2v) is 6.78. The zero-order valence-corrected chi connectivity index (χ0v) is 12.6. The summed E-state index contributed by atoms with van der Waals surface area (Å²) in [5.41, 5.74) is 0. The highest BCUT2D eigenvalue weighted by Crippen LogP contribution is 2.20. The Bertz CT molecular complexity index is 121. The average Bonchev–Trinajstić information content (AvgIpc) is 2.15. The minimum Gasteiger partial charge on any atom is -0.0739 e. The van der Waals surface area contributed by atoms with Crippen molar-refractivity contribution in [3.8, 4) is 0 Å². The lowest BCUT2D eigenvalue weighted by atomic mass is 9.40. The van der Waals surface area contributed by atoms with Crippen LogP contribution >= 0.6 is 0 Å². The molecule has 0 aromatic carbocycles. The van der Waals surface area contributed by atoms with Crippen molar-refractivity contribution < 1.29 is 0 Å². The van der Waals surface area contributed by atoms with Gasteiger partial charge in [0.05, 0.1) is 0 Å². The predicted octanol–water partition coefficient (Wildman–Crippen LogP) is 5.62. The van der Waals surface area contributed by atoms with Gasteiger partial charge in [0.15, 0.2) is 0 Å². The molecule has 0 aromatic heterocycles. The standard InChI is InChI=1S/C15H33B/c1-13(2)7-10-16(11-8-14(3)4)12-9-15(5)6/h13-15H,7-12H2,1-6H3. The Labute approximate surface area is 105 Å². The van der Waals surface area contributed by atoms with E-state index in [-0.39, 0.29) is 0 Å². The molecule has 0 heterocycles. The minimum absolute atomic E-state index is 0.876. The monoisotopic (exact) mass is 224 g/mol. The van der Waals surface area contributed by atoms with Gasteiger partial charge in [-0.3, -0.25) is 0 Å². The summed E-state index contributed by atoms with van der Waals surface area (Å²) in [4.78, 5) is 0. The molecule has 0 aromatic rings. The van der Waals surface area contributed by atoms with Crippen molar-refractivity contribution in [3.05, 3.63) is 0 Å². The molecule has 0 atom stereocenters. The van der Waals surface area contributed by atoms with Crippen molar-refractivity contribution in [2.24, 2.45) is 17.8 Å². The molecule has 0 aliphatic heterocycles. The van der Waals surface area contributed by atoms with Gasteiger partial charge in [-0.25, -0.2) is 0 Å². The van der Waals surface area contributed by atoms with E-state index >= 15 is 0 Å². The molecule has 1 heteroatoms. The van der Waals surface area contributed by atoms with Crippen molar-refractivity contribution in [3.63, 3.8) is 0 Å². The predicted molar refractivity (Wildman–Crippen MR) is 78.5 cm³/mol. The van der Waals surface area contributed by atoms with Crippen LogP contribution in [0.1, 0.15) is 60.8 Å². The Balaban J connectivity index is 3.85. The van der Waals surface area contributed by atoms with Crippen molar-refractivity contribution in [1.82, 2.24) is 0 Å². The molecule has 0 rings (SSSR count). The normalized spacial score (nSPS) is 11.8. The van der Waals surface area contributed by atoms with Gasteiger partial charge < -0.3 is 0 Å². The maximum atomic E-state index is 2.35. The quantitative estimate of drug-likeness (QED) is 0.446.